The highest BCUT2D eigenvalue weighted by atomic mass is 19.4. The van der Waals surface area contributed by atoms with Crippen LogP contribution in [0.1, 0.15) is 40.2 Å². The molecule has 0 bridgehead atoms. The lowest BCUT2D eigenvalue weighted by molar-refractivity contribution is -0.138. The molecular weight excluding hydrogens is 375 g/mol. The third-order valence-electron chi connectivity index (χ3n) is 4.65. The lowest BCUT2D eigenvalue weighted by atomic mass is 10.0. The van der Waals surface area contributed by atoms with Crippen LogP contribution in [0.3, 0.4) is 0 Å². The summed E-state index contributed by atoms with van der Waals surface area (Å²) in [4.78, 5) is 14.2. The Balaban J connectivity index is 1.52. The highest BCUT2D eigenvalue weighted by molar-refractivity contribution is 5.92. The van der Waals surface area contributed by atoms with Crippen molar-refractivity contribution < 1.29 is 27.6 Å². The molecule has 1 aromatic heterocycles. The highest BCUT2D eigenvalue weighted by Gasteiger charge is 2.32. The van der Waals surface area contributed by atoms with E-state index in [4.69, 9.17) is 4.52 Å². The summed E-state index contributed by atoms with van der Waals surface area (Å²) in [6.45, 7) is 1.86. The minimum atomic E-state index is -4.43. The number of carbonyl (C=O) groups excluding carboxylic acids is 1. The topological polar surface area (TPSA) is 78.6 Å². The number of alkyl halides is 3. The summed E-state index contributed by atoms with van der Waals surface area (Å²) in [6, 6.07) is 6.81. The first-order chi connectivity index (χ1) is 13.3. The van der Waals surface area contributed by atoms with Gasteiger partial charge in [-0.2, -0.15) is 13.2 Å². The molecule has 1 aliphatic heterocycles. The average Bonchev–Trinajstić information content (AvgIpc) is 3.10. The Kier molecular flexibility index (Phi) is 6.35. The summed E-state index contributed by atoms with van der Waals surface area (Å²) in [5, 5.41) is 16.0. The number of carbonyl (C=O) groups is 1. The second-order valence-electron chi connectivity index (χ2n) is 6.87. The molecule has 0 radical (unpaired) electrons. The van der Waals surface area contributed by atoms with E-state index in [2.05, 4.69) is 10.5 Å². The quantitative estimate of drug-likeness (QED) is 0.784. The van der Waals surface area contributed by atoms with E-state index in [0.29, 0.717) is 18.8 Å². The van der Waals surface area contributed by atoms with E-state index in [-0.39, 0.29) is 30.3 Å². The lowest BCUT2D eigenvalue weighted by Crippen LogP contribution is -2.37. The number of halogens is 3. The van der Waals surface area contributed by atoms with Crippen LogP contribution in [-0.4, -0.2) is 46.8 Å². The van der Waals surface area contributed by atoms with Gasteiger partial charge in [-0.05, 0) is 37.4 Å². The van der Waals surface area contributed by atoms with Crippen LogP contribution >= 0.6 is 0 Å². The largest absolute Gasteiger partial charge is 0.416 e. The van der Waals surface area contributed by atoms with Crippen LogP contribution in [0.2, 0.25) is 0 Å². The predicted octanol–water partition coefficient (Wildman–Crippen LogP) is 2.62. The Morgan fingerprint density at radius 1 is 1.36 bits per heavy atom. The molecule has 28 heavy (non-hydrogen) atoms. The molecule has 1 aromatic carbocycles. The van der Waals surface area contributed by atoms with Crippen LogP contribution in [0, 0.1) is 0 Å². The molecule has 1 amide bonds. The summed E-state index contributed by atoms with van der Waals surface area (Å²) in [5.74, 6) is -0.000152. The average molecular weight is 397 g/mol. The number of rotatable bonds is 6. The number of aliphatic hydroxyl groups is 1. The normalized spacial score (nSPS) is 18.2. The second-order valence-corrected chi connectivity index (χ2v) is 6.87. The van der Waals surface area contributed by atoms with Crippen LogP contribution in [-0.2, 0) is 19.1 Å². The Bertz CT molecular complexity index is 807. The van der Waals surface area contributed by atoms with E-state index < -0.39 is 17.6 Å². The molecule has 2 heterocycles. The number of amides is 1. The first-order valence-electron chi connectivity index (χ1n) is 9.12. The van der Waals surface area contributed by atoms with E-state index in [1.54, 1.807) is 0 Å². The summed E-state index contributed by atoms with van der Waals surface area (Å²) in [5.41, 5.74) is -0.492. The highest BCUT2D eigenvalue weighted by Crippen LogP contribution is 2.31. The fourth-order valence-corrected chi connectivity index (χ4v) is 3.31. The van der Waals surface area contributed by atoms with Crippen molar-refractivity contribution in [3.8, 4) is 0 Å². The van der Waals surface area contributed by atoms with Gasteiger partial charge in [0.15, 0.2) is 11.5 Å². The number of aromatic nitrogens is 1. The summed E-state index contributed by atoms with van der Waals surface area (Å²) >= 11 is 0. The maximum absolute atomic E-state index is 13.0. The van der Waals surface area contributed by atoms with E-state index in [1.165, 1.54) is 24.3 Å². The number of hydrogen-bond donors (Lipinski definition) is 2. The smallest absolute Gasteiger partial charge is 0.392 e. The zero-order valence-corrected chi connectivity index (χ0v) is 15.2. The molecule has 9 heteroatoms. The van der Waals surface area contributed by atoms with Gasteiger partial charge in [0.1, 0.15) is 0 Å². The van der Waals surface area contributed by atoms with E-state index in [0.717, 1.165) is 25.5 Å². The number of likely N-dealkylation sites (tertiary alicyclic amines) is 1. The maximum atomic E-state index is 13.0. The predicted molar refractivity (Wildman–Crippen MR) is 94.5 cm³/mol. The molecule has 3 rings (SSSR count). The summed E-state index contributed by atoms with van der Waals surface area (Å²) in [6.07, 6.45) is -3.07. The van der Waals surface area contributed by atoms with Crippen LogP contribution in [0.25, 0.3) is 0 Å². The van der Waals surface area contributed by atoms with Crippen molar-refractivity contribution in [1.29, 1.82) is 0 Å². The van der Waals surface area contributed by atoms with Crippen molar-refractivity contribution in [2.75, 3.05) is 19.6 Å². The summed E-state index contributed by atoms with van der Waals surface area (Å²) < 4.78 is 44.1. The fraction of sp³-hybridized carbons (Fsp3) is 0.474. The number of piperidine rings is 1. The molecule has 0 spiro atoms. The molecule has 2 N–H and O–H groups in total. The van der Waals surface area contributed by atoms with Crippen molar-refractivity contribution in [1.82, 2.24) is 15.4 Å². The van der Waals surface area contributed by atoms with E-state index >= 15 is 0 Å². The van der Waals surface area contributed by atoms with Crippen molar-refractivity contribution in [3.63, 3.8) is 0 Å². The molecule has 1 unspecified atom stereocenters. The molecule has 1 atom stereocenters. The number of aliphatic hydroxyl groups excluding tert-OH is 1. The van der Waals surface area contributed by atoms with Gasteiger partial charge < -0.3 is 14.9 Å². The SMILES string of the molecule is O=C(NCCc1ccccc1C(F)(F)F)c1cc(CN2CCCC(O)C2)on1. The monoisotopic (exact) mass is 397 g/mol. The molecular formula is C19H22F3N3O3. The van der Waals surface area contributed by atoms with Gasteiger partial charge in [0.2, 0.25) is 0 Å². The van der Waals surface area contributed by atoms with Gasteiger partial charge in [-0.3, -0.25) is 9.69 Å². The number of hydrogen-bond acceptors (Lipinski definition) is 5. The molecule has 0 saturated carbocycles. The van der Waals surface area contributed by atoms with Crippen molar-refractivity contribution in [2.24, 2.45) is 0 Å². The number of benzene rings is 1. The summed E-state index contributed by atoms with van der Waals surface area (Å²) in [7, 11) is 0. The maximum Gasteiger partial charge on any atom is 0.416 e. The third-order valence-corrected chi connectivity index (χ3v) is 4.65. The van der Waals surface area contributed by atoms with Crippen LogP contribution in [0.4, 0.5) is 13.2 Å². The molecule has 0 aliphatic carbocycles. The first-order valence-corrected chi connectivity index (χ1v) is 9.12. The number of β-amino-alcohol motifs (C(OH)–C–C–N with tert-alkyl or cyclic N) is 1. The van der Waals surface area contributed by atoms with Gasteiger partial charge in [-0.25, -0.2) is 0 Å². The van der Waals surface area contributed by atoms with Gasteiger partial charge in [-0.15, -0.1) is 0 Å². The number of nitrogens with one attached hydrogen (secondary N) is 1. The zero-order chi connectivity index (χ0) is 20.1. The van der Waals surface area contributed by atoms with Gasteiger partial charge in [0, 0.05) is 19.2 Å². The van der Waals surface area contributed by atoms with Gasteiger partial charge in [-0.1, -0.05) is 23.4 Å². The second kappa shape index (κ2) is 8.74. The molecule has 6 nitrogen and oxygen atoms in total. The molecule has 1 saturated heterocycles. The van der Waals surface area contributed by atoms with E-state index in [1.807, 2.05) is 4.90 Å². The van der Waals surface area contributed by atoms with Gasteiger partial charge in [0.25, 0.3) is 5.91 Å². The minimum absolute atomic E-state index is 0.0481. The van der Waals surface area contributed by atoms with Crippen LogP contribution < -0.4 is 5.32 Å². The molecule has 152 valence electrons. The first kappa shape index (κ1) is 20.3. The van der Waals surface area contributed by atoms with Crippen molar-refractivity contribution in [2.45, 2.75) is 38.1 Å². The third kappa shape index (κ3) is 5.32. The van der Waals surface area contributed by atoms with Crippen molar-refractivity contribution in [3.05, 3.63) is 52.9 Å². The standard InChI is InChI=1S/C19H22F3N3O3/c20-19(21,22)16-6-2-1-4-13(16)7-8-23-18(27)17-10-15(28-24-17)12-25-9-3-5-14(26)11-25/h1-2,4,6,10,14,26H,3,5,7-9,11-12H2,(H,23,27). The Hall–Kier alpha value is -2.39. The molecule has 1 fully saturated rings. The number of nitrogens with zero attached hydrogens (tertiary/aromatic N) is 2. The molecule has 2 aromatic rings. The lowest BCUT2D eigenvalue weighted by Gasteiger charge is -2.28. The van der Waals surface area contributed by atoms with Crippen molar-refractivity contribution >= 4 is 5.91 Å². The van der Waals surface area contributed by atoms with Crippen LogP contribution in [0.5, 0.6) is 0 Å². The minimum Gasteiger partial charge on any atom is -0.392 e. The van der Waals surface area contributed by atoms with Gasteiger partial charge in [0.05, 0.1) is 18.2 Å². The Labute approximate surface area is 160 Å². The van der Waals surface area contributed by atoms with Crippen LogP contribution in [0.15, 0.2) is 34.9 Å². The zero-order valence-electron chi connectivity index (χ0n) is 15.2. The van der Waals surface area contributed by atoms with Gasteiger partial charge >= 0.3 is 6.18 Å². The molecule has 1 aliphatic rings. The van der Waals surface area contributed by atoms with E-state index in [9.17, 15) is 23.1 Å². The Morgan fingerprint density at radius 2 is 2.14 bits per heavy atom. The Morgan fingerprint density at radius 3 is 2.89 bits per heavy atom. The fourth-order valence-electron chi connectivity index (χ4n) is 3.31.